The van der Waals surface area contributed by atoms with E-state index < -0.39 is 9.84 Å². The van der Waals surface area contributed by atoms with Crippen LogP contribution in [-0.4, -0.2) is 22.6 Å². The fourth-order valence-corrected chi connectivity index (χ4v) is 2.32. The Balaban J connectivity index is 0.000000293. The zero-order valence-corrected chi connectivity index (χ0v) is 8.91. The molecule has 0 unspecified atom stereocenters. The van der Waals surface area contributed by atoms with Crippen LogP contribution in [0.25, 0.3) is 6.08 Å². The molecule has 1 aliphatic heterocycles. The lowest BCUT2D eigenvalue weighted by Crippen LogP contribution is -1.91. The Kier molecular flexibility index (Phi) is 3.43. The summed E-state index contributed by atoms with van der Waals surface area (Å²) in [5, 5.41) is 1.23. The lowest BCUT2D eigenvalue weighted by Gasteiger charge is -1.94. The molecule has 0 aromatic heterocycles. The largest absolute Gasteiger partial charge is 0.388 e. The summed E-state index contributed by atoms with van der Waals surface area (Å²) in [4.78, 5) is 0.417. The summed E-state index contributed by atoms with van der Waals surface area (Å²) in [5.74, 6) is 0. The van der Waals surface area contributed by atoms with Gasteiger partial charge in [0.2, 0.25) is 0 Å². The predicted molar refractivity (Wildman–Crippen MR) is 55.6 cm³/mol. The van der Waals surface area contributed by atoms with E-state index in [1.807, 2.05) is 6.07 Å². The summed E-state index contributed by atoms with van der Waals surface area (Å²) in [7, 11) is 0.164. The lowest BCUT2D eigenvalue weighted by atomic mass is 10.2. The van der Waals surface area contributed by atoms with E-state index in [1.54, 1.807) is 38.5 Å². The molecule has 0 fully saturated rings. The van der Waals surface area contributed by atoms with Crippen LogP contribution in [0.3, 0.4) is 0 Å². The Hall–Kier alpha value is -1.13. The van der Waals surface area contributed by atoms with Crippen LogP contribution < -0.4 is 0 Å². The second-order valence-electron chi connectivity index (χ2n) is 2.79. The molecule has 2 rings (SSSR count). The SMILES string of the molecule is COC.O=S1(=O)C=Cc2ccccc21. The quantitative estimate of drug-likeness (QED) is 0.657. The van der Waals surface area contributed by atoms with Crippen molar-refractivity contribution < 1.29 is 13.2 Å². The zero-order valence-electron chi connectivity index (χ0n) is 8.10. The van der Waals surface area contributed by atoms with E-state index in [1.165, 1.54) is 5.41 Å². The molecule has 0 bridgehead atoms. The Labute approximate surface area is 83.9 Å². The van der Waals surface area contributed by atoms with Crippen molar-refractivity contribution in [3.63, 3.8) is 0 Å². The first kappa shape index (κ1) is 10.9. The highest BCUT2D eigenvalue weighted by atomic mass is 32.2. The molecule has 14 heavy (non-hydrogen) atoms. The molecule has 0 radical (unpaired) electrons. The Morgan fingerprint density at radius 3 is 2.29 bits per heavy atom. The third kappa shape index (κ3) is 2.21. The van der Waals surface area contributed by atoms with Crippen molar-refractivity contribution >= 4 is 15.9 Å². The monoisotopic (exact) mass is 212 g/mol. The van der Waals surface area contributed by atoms with E-state index >= 15 is 0 Å². The third-order valence-electron chi connectivity index (χ3n) is 1.65. The van der Waals surface area contributed by atoms with E-state index in [4.69, 9.17) is 0 Å². The van der Waals surface area contributed by atoms with Crippen molar-refractivity contribution in [3.05, 3.63) is 35.2 Å². The molecule has 0 aliphatic carbocycles. The van der Waals surface area contributed by atoms with Gasteiger partial charge in [-0.1, -0.05) is 18.2 Å². The van der Waals surface area contributed by atoms with E-state index in [9.17, 15) is 8.42 Å². The number of hydrogen-bond donors (Lipinski definition) is 0. The normalized spacial score (nSPS) is 15.6. The van der Waals surface area contributed by atoms with Crippen LogP contribution in [0.5, 0.6) is 0 Å². The zero-order chi connectivity index (χ0) is 10.6. The maximum Gasteiger partial charge on any atom is 0.200 e. The molecule has 1 heterocycles. The molecule has 0 N–H and O–H groups in total. The van der Waals surface area contributed by atoms with Gasteiger partial charge in [0.1, 0.15) is 0 Å². The van der Waals surface area contributed by atoms with Crippen LogP contribution in [0.4, 0.5) is 0 Å². The smallest absolute Gasteiger partial charge is 0.200 e. The van der Waals surface area contributed by atoms with Crippen LogP contribution in [-0.2, 0) is 14.6 Å². The summed E-state index contributed by atoms with van der Waals surface area (Å²) < 4.78 is 26.6. The Morgan fingerprint density at radius 1 is 1.14 bits per heavy atom. The van der Waals surface area contributed by atoms with Crippen LogP contribution >= 0.6 is 0 Å². The van der Waals surface area contributed by atoms with Crippen molar-refractivity contribution in [2.75, 3.05) is 14.2 Å². The molecule has 0 amide bonds. The summed E-state index contributed by atoms with van der Waals surface area (Å²) >= 11 is 0. The van der Waals surface area contributed by atoms with Crippen LogP contribution in [0, 0.1) is 0 Å². The van der Waals surface area contributed by atoms with Gasteiger partial charge in [-0.25, -0.2) is 8.42 Å². The van der Waals surface area contributed by atoms with Crippen molar-refractivity contribution in [3.8, 4) is 0 Å². The maximum absolute atomic E-state index is 11.2. The van der Waals surface area contributed by atoms with Gasteiger partial charge in [-0.3, -0.25) is 0 Å². The first-order valence-corrected chi connectivity index (χ1v) is 5.59. The summed E-state index contributed by atoms with van der Waals surface area (Å²) in [5.41, 5.74) is 0.785. The molecule has 4 heteroatoms. The van der Waals surface area contributed by atoms with Gasteiger partial charge in [-0.2, -0.15) is 0 Å². The first-order chi connectivity index (χ1) is 6.61. The van der Waals surface area contributed by atoms with Crippen LogP contribution in [0.1, 0.15) is 5.56 Å². The number of fused-ring (bicyclic) bond motifs is 1. The van der Waals surface area contributed by atoms with Gasteiger partial charge in [0.05, 0.1) is 4.90 Å². The maximum atomic E-state index is 11.2. The third-order valence-corrected chi connectivity index (χ3v) is 3.13. The van der Waals surface area contributed by atoms with E-state index in [2.05, 4.69) is 4.74 Å². The number of ether oxygens (including phenoxy) is 1. The minimum absolute atomic E-state index is 0.417. The second kappa shape index (κ2) is 4.39. The molecule has 0 saturated carbocycles. The number of hydrogen-bond acceptors (Lipinski definition) is 3. The molecule has 3 nitrogen and oxygen atoms in total. The number of sulfone groups is 1. The predicted octanol–water partition coefficient (Wildman–Crippen LogP) is 1.71. The van der Waals surface area contributed by atoms with Gasteiger partial charge in [0.25, 0.3) is 0 Å². The summed E-state index contributed by atoms with van der Waals surface area (Å²) in [6, 6.07) is 6.95. The average Bonchev–Trinajstić information content (AvgIpc) is 2.45. The van der Waals surface area contributed by atoms with Crippen molar-refractivity contribution in [1.82, 2.24) is 0 Å². The number of benzene rings is 1. The molecule has 1 aromatic carbocycles. The molecule has 76 valence electrons. The molecule has 0 atom stereocenters. The van der Waals surface area contributed by atoms with Crippen molar-refractivity contribution in [2.45, 2.75) is 4.90 Å². The van der Waals surface area contributed by atoms with Gasteiger partial charge in [0, 0.05) is 19.6 Å². The topological polar surface area (TPSA) is 43.4 Å². The van der Waals surface area contributed by atoms with Crippen LogP contribution in [0.2, 0.25) is 0 Å². The highest BCUT2D eigenvalue weighted by Crippen LogP contribution is 2.25. The molecular weight excluding hydrogens is 200 g/mol. The molecule has 1 aromatic rings. The highest BCUT2D eigenvalue weighted by molar-refractivity contribution is 7.94. The van der Waals surface area contributed by atoms with Gasteiger partial charge in [0.15, 0.2) is 9.84 Å². The Bertz CT molecular complexity index is 432. The van der Waals surface area contributed by atoms with E-state index in [-0.39, 0.29) is 0 Å². The fraction of sp³-hybridized carbons (Fsp3) is 0.200. The summed E-state index contributed by atoms with van der Waals surface area (Å²) in [6.07, 6.45) is 1.62. The second-order valence-corrected chi connectivity index (χ2v) is 4.60. The minimum Gasteiger partial charge on any atom is -0.388 e. The van der Waals surface area contributed by atoms with Crippen molar-refractivity contribution in [2.24, 2.45) is 0 Å². The molecule has 1 aliphatic rings. The van der Waals surface area contributed by atoms with Gasteiger partial charge in [-0.15, -0.1) is 0 Å². The first-order valence-electron chi connectivity index (χ1n) is 4.04. The number of rotatable bonds is 0. The van der Waals surface area contributed by atoms with E-state index in [0.29, 0.717) is 4.90 Å². The minimum atomic E-state index is -3.09. The van der Waals surface area contributed by atoms with Gasteiger partial charge in [-0.05, 0) is 17.7 Å². The number of methoxy groups -OCH3 is 1. The Morgan fingerprint density at radius 2 is 1.71 bits per heavy atom. The lowest BCUT2D eigenvalue weighted by molar-refractivity contribution is 0.277. The molecule has 0 saturated heterocycles. The van der Waals surface area contributed by atoms with Gasteiger partial charge >= 0.3 is 0 Å². The molecular formula is C10H12O3S. The van der Waals surface area contributed by atoms with E-state index in [0.717, 1.165) is 5.56 Å². The summed E-state index contributed by atoms with van der Waals surface area (Å²) in [6.45, 7) is 0. The standard InChI is InChI=1S/C8H6O2S.C2H6O/c9-11(10)6-5-7-3-1-2-4-8(7)11;1-3-2/h1-6H;1-2H3. The van der Waals surface area contributed by atoms with Gasteiger partial charge < -0.3 is 4.74 Å². The average molecular weight is 212 g/mol. The van der Waals surface area contributed by atoms with Crippen LogP contribution in [0.15, 0.2) is 34.6 Å². The fourth-order valence-electron chi connectivity index (χ4n) is 1.11. The molecule has 0 spiro atoms. The highest BCUT2D eigenvalue weighted by Gasteiger charge is 2.18. The van der Waals surface area contributed by atoms with Crippen molar-refractivity contribution in [1.29, 1.82) is 0 Å².